The molecule has 110 valence electrons. The molecule has 1 saturated carbocycles. The highest BCUT2D eigenvalue weighted by Crippen LogP contribution is 2.37. The maximum atomic E-state index is 3.62. The van der Waals surface area contributed by atoms with Crippen molar-refractivity contribution in [2.75, 3.05) is 6.54 Å². The first-order valence-electron chi connectivity index (χ1n) is 7.86. The van der Waals surface area contributed by atoms with Gasteiger partial charge in [-0.2, -0.15) is 0 Å². The second-order valence-electron chi connectivity index (χ2n) is 5.84. The van der Waals surface area contributed by atoms with Crippen LogP contribution in [0.2, 0.25) is 0 Å². The van der Waals surface area contributed by atoms with Crippen molar-refractivity contribution in [1.29, 1.82) is 0 Å². The standard InChI is InChI=1S/C19H22BrN/c1-2-21-19(17-10-5-11-18(20)13-17)16-9-4-8-15(12-16)14-6-3-7-14/h4-5,8-14,19,21H,2-3,6-7H2,1H3. The molecule has 1 atom stereocenters. The molecule has 0 saturated heterocycles. The topological polar surface area (TPSA) is 12.0 Å². The lowest BCUT2D eigenvalue weighted by Gasteiger charge is -2.27. The Labute approximate surface area is 135 Å². The summed E-state index contributed by atoms with van der Waals surface area (Å²) in [5.41, 5.74) is 4.20. The van der Waals surface area contributed by atoms with Crippen LogP contribution >= 0.6 is 15.9 Å². The third-order valence-electron chi connectivity index (χ3n) is 4.41. The van der Waals surface area contributed by atoms with Crippen molar-refractivity contribution in [3.05, 3.63) is 69.7 Å². The minimum Gasteiger partial charge on any atom is -0.307 e. The number of hydrogen-bond donors (Lipinski definition) is 1. The number of benzene rings is 2. The number of hydrogen-bond acceptors (Lipinski definition) is 1. The van der Waals surface area contributed by atoms with Crippen LogP contribution < -0.4 is 5.32 Å². The van der Waals surface area contributed by atoms with Gasteiger partial charge in [0.05, 0.1) is 6.04 Å². The van der Waals surface area contributed by atoms with Crippen molar-refractivity contribution >= 4 is 15.9 Å². The number of rotatable bonds is 5. The maximum absolute atomic E-state index is 3.62. The molecule has 2 aromatic rings. The van der Waals surface area contributed by atoms with Gasteiger partial charge < -0.3 is 5.32 Å². The van der Waals surface area contributed by atoms with E-state index in [-0.39, 0.29) is 6.04 Å². The van der Waals surface area contributed by atoms with E-state index >= 15 is 0 Å². The molecule has 0 amide bonds. The zero-order valence-corrected chi connectivity index (χ0v) is 14.1. The highest BCUT2D eigenvalue weighted by atomic mass is 79.9. The lowest BCUT2D eigenvalue weighted by atomic mass is 9.79. The largest absolute Gasteiger partial charge is 0.307 e. The van der Waals surface area contributed by atoms with Crippen molar-refractivity contribution in [3.63, 3.8) is 0 Å². The molecule has 21 heavy (non-hydrogen) atoms. The van der Waals surface area contributed by atoms with E-state index in [1.165, 1.54) is 36.0 Å². The molecule has 0 spiro atoms. The van der Waals surface area contributed by atoms with Crippen LogP contribution in [0.15, 0.2) is 53.0 Å². The highest BCUT2D eigenvalue weighted by Gasteiger charge is 2.21. The lowest BCUT2D eigenvalue weighted by molar-refractivity contribution is 0.419. The first-order chi connectivity index (χ1) is 10.3. The molecule has 0 bridgehead atoms. The van der Waals surface area contributed by atoms with Gasteiger partial charge in [-0.25, -0.2) is 0 Å². The summed E-state index contributed by atoms with van der Waals surface area (Å²) in [7, 11) is 0. The fourth-order valence-corrected chi connectivity index (χ4v) is 3.47. The summed E-state index contributed by atoms with van der Waals surface area (Å²) in [6.07, 6.45) is 4.09. The fourth-order valence-electron chi connectivity index (χ4n) is 3.05. The molecule has 0 aromatic heterocycles. The van der Waals surface area contributed by atoms with E-state index in [0.717, 1.165) is 16.9 Å². The second kappa shape index (κ2) is 6.76. The van der Waals surface area contributed by atoms with Gasteiger partial charge in [-0.15, -0.1) is 0 Å². The molecule has 2 aromatic carbocycles. The summed E-state index contributed by atoms with van der Waals surface area (Å²) in [6, 6.07) is 18.0. The molecule has 2 heteroatoms. The fraction of sp³-hybridized carbons (Fsp3) is 0.368. The van der Waals surface area contributed by atoms with Crippen LogP contribution in [0.1, 0.15) is 54.8 Å². The monoisotopic (exact) mass is 343 g/mol. The predicted molar refractivity (Wildman–Crippen MR) is 92.7 cm³/mol. The zero-order chi connectivity index (χ0) is 14.7. The molecule has 3 rings (SSSR count). The van der Waals surface area contributed by atoms with Crippen LogP contribution in [0.4, 0.5) is 0 Å². The molecular formula is C19H22BrN. The highest BCUT2D eigenvalue weighted by molar-refractivity contribution is 9.10. The molecule has 0 radical (unpaired) electrons. The molecule has 1 aliphatic rings. The predicted octanol–water partition coefficient (Wildman–Crippen LogP) is 5.42. The summed E-state index contributed by atoms with van der Waals surface area (Å²) >= 11 is 3.58. The van der Waals surface area contributed by atoms with E-state index < -0.39 is 0 Å². The van der Waals surface area contributed by atoms with Crippen LogP contribution in [0.25, 0.3) is 0 Å². The summed E-state index contributed by atoms with van der Waals surface area (Å²) in [6.45, 7) is 3.13. The normalized spacial score (nSPS) is 16.5. The molecule has 0 heterocycles. The van der Waals surface area contributed by atoms with Crippen LogP contribution in [0.3, 0.4) is 0 Å². The lowest BCUT2D eigenvalue weighted by Crippen LogP contribution is -2.22. The first kappa shape index (κ1) is 14.8. The van der Waals surface area contributed by atoms with Crippen molar-refractivity contribution < 1.29 is 0 Å². The van der Waals surface area contributed by atoms with Gasteiger partial charge in [0, 0.05) is 4.47 Å². The van der Waals surface area contributed by atoms with E-state index in [1.54, 1.807) is 0 Å². The van der Waals surface area contributed by atoms with Crippen molar-refractivity contribution in [1.82, 2.24) is 5.32 Å². The Balaban J connectivity index is 1.93. The van der Waals surface area contributed by atoms with Gasteiger partial charge in [0.2, 0.25) is 0 Å². The Hall–Kier alpha value is -1.12. The Kier molecular flexibility index (Phi) is 4.77. The van der Waals surface area contributed by atoms with Gasteiger partial charge in [-0.1, -0.05) is 65.7 Å². The van der Waals surface area contributed by atoms with E-state index in [0.29, 0.717) is 0 Å². The second-order valence-corrected chi connectivity index (χ2v) is 6.76. The molecular weight excluding hydrogens is 322 g/mol. The van der Waals surface area contributed by atoms with E-state index in [9.17, 15) is 0 Å². The first-order valence-corrected chi connectivity index (χ1v) is 8.66. The zero-order valence-electron chi connectivity index (χ0n) is 12.5. The van der Waals surface area contributed by atoms with Gasteiger partial charge in [0.1, 0.15) is 0 Å². The van der Waals surface area contributed by atoms with Gasteiger partial charge in [0.15, 0.2) is 0 Å². The maximum Gasteiger partial charge on any atom is 0.0577 e. The third kappa shape index (κ3) is 3.38. The van der Waals surface area contributed by atoms with E-state index in [4.69, 9.17) is 0 Å². The van der Waals surface area contributed by atoms with E-state index in [1.807, 2.05) is 0 Å². The summed E-state index contributed by atoms with van der Waals surface area (Å²) in [4.78, 5) is 0. The van der Waals surface area contributed by atoms with E-state index in [2.05, 4.69) is 76.7 Å². The Bertz CT molecular complexity index is 604. The Morgan fingerprint density at radius 1 is 1.10 bits per heavy atom. The molecule has 1 aliphatic carbocycles. The third-order valence-corrected chi connectivity index (χ3v) is 4.90. The molecule has 1 unspecified atom stereocenters. The van der Waals surface area contributed by atoms with Crippen molar-refractivity contribution in [2.45, 2.75) is 38.1 Å². The number of halogens is 1. The summed E-state index contributed by atoms with van der Waals surface area (Å²) in [5.74, 6) is 0.787. The quantitative estimate of drug-likeness (QED) is 0.764. The van der Waals surface area contributed by atoms with Crippen molar-refractivity contribution in [3.8, 4) is 0 Å². The van der Waals surface area contributed by atoms with Gasteiger partial charge >= 0.3 is 0 Å². The molecule has 1 nitrogen and oxygen atoms in total. The smallest absolute Gasteiger partial charge is 0.0577 e. The molecule has 0 aliphatic heterocycles. The van der Waals surface area contributed by atoms with Crippen LogP contribution in [0, 0.1) is 0 Å². The minimum absolute atomic E-state index is 0.271. The Morgan fingerprint density at radius 3 is 2.43 bits per heavy atom. The van der Waals surface area contributed by atoms with Gasteiger partial charge in [-0.3, -0.25) is 0 Å². The van der Waals surface area contributed by atoms with Gasteiger partial charge in [-0.05, 0) is 54.1 Å². The Morgan fingerprint density at radius 2 is 1.81 bits per heavy atom. The van der Waals surface area contributed by atoms with Gasteiger partial charge in [0.25, 0.3) is 0 Å². The summed E-state index contributed by atoms with van der Waals surface area (Å²) in [5, 5.41) is 3.62. The SMILES string of the molecule is CCNC(c1cccc(Br)c1)c1cccc(C2CCC2)c1. The average molecular weight is 344 g/mol. The molecule has 1 fully saturated rings. The van der Waals surface area contributed by atoms with Crippen LogP contribution in [-0.4, -0.2) is 6.54 Å². The minimum atomic E-state index is 0.271. The van der Waals surface area contributed by atoms with Crippen LogP contribution in [-0.2, 0) is 0 Å². The van der Waals surface area contributed by atoms with Crippen LogP contribution in [0.5, 0.6) is 0 Å². The molecule has 1 N–H and O–H groups in total. The summed E-state index contributed by atoms with van der Waals surface area (Å²) < 4.78 is 1.14. The van der Waals surface area contributed by atoms with Crippen molar-refractivity contribution in [2.24, 2.45) is 0 Å². The number of nitrogens with one attached hydrogen (secondary N) is 1. The average Bonchev–Trinajstić information content (AvgIpc) is 2.43.